The molecule has 0 spiro atoms. The van der Waals surface area contributed by atoms with Crippen molar-refractivity contribution in [2.24, 2.45) is 0 Å². The second-order valence-electron chi connectivity index (χ2n) is 9.40. The van der Waals surface area contributed by atoms with Crippen LogP contribution in [-0.4, -0.2) is 61.3 Å². The van der Waals surface area contributed by atoms with E-state index in [4.69, 9.17) is 9.26 Å². The molecule has 0 atom stereocenters. The molecule has 5 nitrogen and oxygen atoms in total. The van der Waals surface area contributed by atoms with E-state index in [1.165, 1.54) is 24.3 Å². The van der Waals surface area contributed by atoms with Crippen LogP contribution in [0.15, 0.2) is 47.0 Å². The molecule has 0 saturated carbocycles. The van der Waals surface area contributed by atoms with E-state index in [0.29, 0.717) is 11.5 Å². The minimum atomic E-state index is -4.36. The first-order chi connectivity index (χ1) is 18.7. The highest BCUT2D eigenvalue weighted by atomic mass is 19.4. The number of rotatable bonds is 3. The molecule has 2 saturated heterocycles. The predicted molar refractivity (Wildman–Crippen MR) is 149 cm³/mol. The lowest BCUT2D eigenvalue weighted by molar-refractivity contribution is -0.139. The monoisotopic (exact) mass is 553 g/mol. The van der Waals surface area contributed by atoms with Crippen LogP contribution >= 0.6 is 0 Å². The van der Waals surface area contributed by atoms with Crippen LogP contribution in [0.2, 0.25) is 0 Å². The fourth-order valence-corrected chi connectivity index (χ4v) is 4.59. The SMILES string of the molecule is CC.CC.CN1CCC(Oc2ccccc2C(F)(F)F)CC1.CN1CCC(c2noc3cc(F)ccc23)CC1. The van der Waals surface area contributed by atoms with Crippen molar-refractivity contribution >= 4 is 11.0 Å². The number of piperidine rings is 2. The third-order valence-corrected chi connectivity index (χ3v) is 6.72. The zero-order valence-corrected chi connectivity index (χ0v) is 24.0. The zero-order chi connectivity index (χ0) is 29.0. The van der Waals surface area contributed by atoms with Crippen molar-refractivity contribution in [1.29, 1.82) is 0 Å². The molecule has 3 aromatic rings. The summed E-state index contributed by atoms with van der Waals surface area (Å²) in [7, 11) is 4.13. The maximum atomic E-state index is 13.0. The fraction of sp³-hybridized carbons (Fsp3) is 0.567. The van der Waals surface area contributed by atoms with Crippen LogP contribution in [0.3, 0.4) is 0 Å². The third-order valence-electron chi connectivity index (χ3n) is 6.72. The van der Waals surface area contributed by atoms with Crippen molar-refractivity contribution in [3.63, 3.8) is 0 Å². The molecule has 2 aromatic carbocycles. The number of fused-ring (bicyclic) bond motifs is 1. The van der Waals surface area contributed by atoms with Gasteiger partial charge >= 0.3 is 6.18 Å². The molecule has 3 heterocycles. The van der Waals surface area contributed by atoms with Gasteiger partial charge in [-0.3, -0.25) is 0 Å². The van der Waals surface area contributed by atoms with Gasteiger partial charge in [-0.1, -0.05) is 45.0 Å². The molecular formula is C30H43F4N3O2. The molecule has 39 heavy (non-hydrogen) atoms. The number of para-hydroxylation sites is 1. The Morgan fingerprint density at radius 1 is 0.846 bits per heavy atom. The van der Waals surface area contributed by atoms with Gasteiger partial charge in [-0.15, -0.1) is 0 Å². The van der Waals surface area contributed by atoms with E-state index >= 15 is 0 Å². The number of halogens is 4. The summed E-state index contributed by atoms with van der Waals surface area (Å²) in [5, 5.41) is 5.08. The van der Waals surface area contributed by atoms with E-state index in [1.807, 2.05) is 34.7 Å². The Balaban J connectivity index is 0.000000243. The quantitative estimate of drug-likeness (QED) is 0.307. The number of alkyl halides is 3. The highest BCUT2D eigenvalue weighted by Crippen LogP contribution is 2.37. The van der Waals surface area contributed by atoms with Gasteiger partial charge in [0.25, 0.3) is 0 Å². The van der Waals surface area contributed by atoms with Gasteiger partial charge in [0.1, 0.15) is 17.7 Å². The van der Waals surface area contributed by atoms with Crippen LogP contribution in [0, 0.1) is 5.82 Å². The number of hydrogen-bond acceptors (Lipinski definition) is 5. The first-order valence-corrected chi connectivity index (χ1v) is 14.0. The molecule has 0 bridgehead atoms. The Morgan fingerprint density at radius 3 is 2.00 bits per heavy atom. The molecule has 0 amide bonds. The van der Waals surface area contributed by atoms with Crippen LogP contribution in [-0.2, 0) is 6.18 Å². The van der Waals surface area contributed by atoms with Gasteiger partial charge in [-0.2, -0.15) is 13.2 Å². The summed E-state index contributed by atoms with van der Waals surface area (Å²) in [4.78, 5) is 4.47. The molecule has 9 heteroatoms. The van der Waals surface area contributed by atoms with Crippen molar-refractivity contribution in [3.05, 3.63) is 59.5 Å². The summed E-state index contributed by atoms with van der Waals surface area (Å²) < 4.78 is 62.1. The van der Waals surface area contributed by atoms with Crippen LogP contribution in [0.1, 0.15) is 70.6 Å². The lowest BCUT2D eigenvalue weighted by atomic mass is 9.92. The molecule has 2 aliphatic rings. The second kappa shape index (κ2) is 15.8. The van der Waals surface area contributed by atoms with Gasteiger partial charge in [0, 0.05) is 30.5 Å². The van der Waals surface area contributed by atoms with E-state index in [9.17, 15) is 17.6 Å². The number of nitrogens with zero attached hydrogens (tertiary/aromatic N) is 3. The Kier molecular flexibility index (Phi) is 13.2. The van der Waals surface area contributed by atoms with E-state index in [1.54, 1.807) is 12.1 Å². The van der Waals surface area contributed by atoms with E-state index < -0.39 is 11.7 Å². The van der Waals surface area contributed by atoms with E-state index in [-0.39, 0.29) is 17.7 Å². The van der Waals surface area contributed by atoms with Gasteiger partial charge in [0.05, 0.1) is 11.3 Å². The highest BCUT2D eigenvalue weighted by molar-refractivity contribution is 5.79. The minimum Gasteiger partial charge on any atom is -0.490 e. The minimum absolute atomic E-state index is 0.0560. The molecule has 2 fully saturated rings. The number of benzene rings is 2. The molecular weight excluding hydrogens is 510 g/mol. The van der Waals surface area contributed by atoms with Crippen LogP contribution in [0.25, 0.3) is 11.0 Å². The van der Waals surface area contributed by atoms with Gasteiger partial charge in [0.2, 0.25) is 0 Å². The summed E-state index contributed by atoms with van der Waals surface area (Å²) in [6.07, 6.45) is -0.761. The number of likely N-dealkylation sites (tertiary alicyclic amines) is 2. The first kappa shape index (κ1) is 32.6. The molecule has 0 unspecified atom stereocenters. The lowest BCUT2D eigenvalue weighted by Gasteiger charge is -2.30. The summed E-state index contributed by atoms with van der Waals surface area (Å²) in [6.45, 7) is 11.9. The summed E-state index contributed by atoms with van der Waals surface area (Å²) in [6, 6.07) is 10.0. The molecule has 2 aliphatic heterocycles. The third kappa shape index (κ3) is 9.49. The Morgan fingerprint density at radius 2 is 1.41 bits per heavy atom. The summed E-state index contributed by atoms with van der Waals surface area (Å²) >= 11 is 0. The number of ether oxygens (including phenoxy) is 1. The van der Waals surface area contributed by atoms with Crippen molar-refractivity contribution in [2.75, 3.05) is 40.3 Å². The lowest BCUT2D eigenvalue weighted by Crippen LogP contribution is -2.35. The molecule has 0 N–H and O–H groups in total. The van der Waals surface area contributed by atoms with Crippen molar-refractivity contribution in [3.8, 4) is 5.75 Å². The van der Waals surface area contributed by atoms with Crippen LogP contribution < -0.4 is 4.74 Å². The Bertz CT molecular complexity index is 1100. The fourth-order valence-electron chi connectivity index (χ4n) is 4.59. The first-order valence-electron chi connectivity index (χ1n) is 14.0. The number of aromatic nitrogens is 1. The molecule has 0 radical (unpaired) electrons. The molecule has 0 aliphatic carbocycles. The summed E-state index contributed by atoms with van der Waals surface area (Å²) in [5.41, 5.74) is 0.857. The van der Waals surface area contributed by atoms with Crippen LogP contribution in [0.4, 0.5) is 17.6 Å². The van der Waals surface area contributed by atoms with Gasteiger partial charge in [-0.05, 0) is 77.1 Å². The molecule has 5 rings (SSSR count). The van der Waals surface area contributed by atoms with Crippen molar-refractivity contribution < 1.29 is 26.8 Å². The van der Waals surface area contributed by atoms with Gasteiger partial charge < -0.3 is 19.1 Å². The van der Waals surface area contributed by atoms with E-state index in [2.05, 4.69) is 22.0 Å². The maximum Gasteiger partial charge on any atom is 0.419 e. The normalized spacial score (nSPS) is 17.3. The standard InChI is InChI=1S/C13H16F3NO.C13H15FN2O.2C2H6/c1-17-8-6-10(7-9-17)18-12-5-3-2-4-11(12)13(14,15)16;1-16-6-4-9(5-7-16)13-11-3-2-10(14)8-12(11)17-15-13;2*1-2/h2-5,10H,6-9H2,1H3;2-3,8-9H,4-7H2,1H3;2*1-2H3. The topological polar surface area (TPSA) is 41.7 Å². The summed E-state index contributed by atoms with van der Waals surface area (Å²) in [5.74, 6) is 0.112. The predicted octanol–water partition coefficient (Wildman–Crippen LogP) is 8.01. The maximum absolute atomic E-state index is 13.0. The van der Waals surface area contributed by atoms with Gasteiger partial charge in [-0.25, -0.2) is 4.39 Å². The van der Waals surface area contributed by atoms with Crippen molar-refractivity contribution in [2.45, 2.75) is 71.6 Å². The number of hydrogen-bond donors (Lipinski definition) is 0. The second-order valence-corrected chi connectivity index (χ2v) is 9.40. The average Bonchev–Trinajstić information content (AvgIpc) is 3.36. The molecule has 218 valence electrons. The molecule has 1 aromatic heterocycles. The van der Waals surface area contributed by atoms with Crippen LogP contribution in [0.5, 0.6) is 5.75 Å². The van der Waals surface area contributed by atoms with E-state index in [0.717, 1.165) is 69.0 Å². The highest BCUT2D eigenvalue weighted by Gasteiger charge is 2.34. The zero-order valence-electron chi connectivity index (χ0n) is 24.0. The largest absolute Gasteiger partial charge is 0.490 e. The smallest absolute Gasteiger partial charge is 0.419 e. The average molecular weight is 554 g/mol. The van der Waals surface area contributed by atoms with Crippen molar-refractivity contribution in [1.82, 2.24) is 15.0 Å². The van der Waals surface area contributed by atoms with Gasteiger partial charge in [0.15, 0.2) is 5.58 Å². The Labute approximate surface area is 230 Å². The Hall–Kier alpha value is -2.65.